The SMILES string of the molecule is CNC(=O)Cc1noc(Cc2c(C)nc3ccccc3c2C)n1. The molecule has 0 aliphatic rings. The van der Waals surface area contributed by atoms with Crippen LogP contribution in [-0.4, -0.2) is 28.1 Å². The highest BCUT2D eigenvalue weighted by Gasteiger charge is 2.15. The van der Waals surface area contributed by atoms with Crippen molar-refractivity contribution in [1.82, 2.24) is 20.4 Å². The average molecular weight is 310 g/mol. The first-order valence-corrected chi connectivity index (χ1v) is 7.45. The fraction of sp³-hybridized carbons (Fsp3) is 0.294. The molecular formula is C17H18N4O2. The molecule has 2 heterocycles. The van der Waals surface area contributed by atoms with Gasteiger partial charge < -0.3 is 9.84 Å². The van der Waals surface area contributed by atoms with Gasteiger partial charge in [0, 0.05) is 18.1 Å². The molecule has 6 heteroatoms. The number of pyridine rings is 1. The zero-order valence-corrected chi connectivity index (χ0v) is 13.4. The second-order valence-electron chi connectivity index (χ2n) is 5.45. The van der Waals surface area contributed by atoms with E-state index in [1.54, 1.807) is 7.05 Å². The standard InChI is InChI=1S/C17H18N4O2/c1-10-12-6-4-5-7-14(12)19-11(2)13(10)8-17-20-15(21-23-17)9-16(22)18-3/h4-7H,8-9H2,1-3H3,(H,18,22). The lowest BCUT2D eigenvalue weighted by Gasteiger charge is -2.10. The minimum atomic E-state index is -0.142. The van der Waals surface area contributed by atoms with Gasteiger partial charge in [0.1, 0.15) is 0 Å². The monoisotopic (exact) mass is 310 g/mol. The Balaban J connectivity index is 1.91. The molecule has 6 nitrogen and oxygen atoms in total. The molecule has 0 radical (unpaired) electrons. The van der Waals surface area contributed by atoms with Crippen molar-refractivity contribution in [3.8, 4) is 0 Å². The van der Waals surface area contributed by atoms with Gasteiger partial charge in [0.05, 0.1) is 18.4 Å². The molecule has 0 atom stereocenters. The minimum absolute atomic E-state index is 0.119. The third kappa shape index (κ3) is 3.06. The third-order valence-electron chi connectivity index (χ3n) is 3.92. The molecule has 23 heavy (non-hydrogen) atoms. The summed E-state index contributed by atoms with van der Waals surface area (Å²) in [6.07, 6.45) is 0.629. The maximum atomic E-state index is 11.4. The van der Waals surface area contributed by atoms with Crippen molar-refractivity contribution >= 4 is 16.8 Å². The number of para-hydroxylation sites is 1. The second-order valence-corrected chi connectivity index (χ2v) is 5.45. The molecule has 0 aliphatic carbocycles. The Morgan fingerprint density at radius 2 is 2.00 bits per heavy atom. The molecule has 1 N–H and O–H groups in total. The van der Waals surface area contributed by atoms with Crippen molar-refractivity contribution < 1.29 is 9.32 Å². The number of likely N-dealkylation sites (N-methyl/N-ethyl adjacent to an activating group) is 1. The Hall–Kier alpha value is -2.76. The van der Waals surface area contributed by atoms with E-state index in [9.17, 15) is 4.79 Å². The number of fused-ring (bicyclic) bond motifs is 1. The van der Waals surface area contributed by atoms with Crippen molar-refractivity contribution in [2.75, 3.05) is 7.05 Å². The van der Waals surface area contributed by atoms with Crippen molar-refractivity contribution in [2.24, 2.45) is 0 Å². The average Bonchev–Trinajstić information content (AvgIpc) is 2.98. The van der Waals surface area contributed by atoms with E-state index in [0.29, 0.717) is 18.1 Å². The molecule has 0 aliphatic heterocycles. The van der Waals surface area contributed by atoms with E-state index in [4.69, 9.17) is 4.52 Å². The number of nitrogens with one attached hydrogen (secondary N) is 1. The van der Waals surface area contributed by atoms with E-state index in [2.05, 4.69) is 33.4 Å². The van der Waals surface area contributed by atoms with Gasteiger partial charge >= 0.3 is 0 Å². The number of rotatable bonds is 4. The van der Waals surface area contributed by atoms with E-state index in [-0.39, 0.29) is 12.3 Å². The number of nitrogens with zero attached hydrogens (tertiary/aromatic N) is 3. The maximum Gasteiger partial charge on any atom is 0.231 e. The van der Waals surface area contributed by atoms with Gasteiger partial charge in [-0.05, 0) is 31.0 Å². The molecule has 0 unspecified atom stereocenters. The summed E-state index contributed by atoms with van der Waals surface area (Å²) >= 11 is 0. The summed E-state index contributed by atoms with van der Waals surface area (Å²) in [7, 11) is 1.58. The zero-order valence-electron chi connectivity index (χ0n) is 13.4. The number of carbonyl (C=O) groups excluding carboxylic acids is 1. The van der Waals surface area contributed by atoms with E-state index in [0.717, 1.165) is 22.2 Å². The van der Waals surface area contributed by atoms with E-state index < -0.39 is 0 Å². The Bertz CT molecular complexity index is 870. The van der Waals surface area contributed by atoms with Crippen LogP contribution in [0.15, 0.2) is 28.8 Å². The summed E-state index contributed by atoms with van der Waals surface area (Å²) in [6, 6.07) is 8.06. The molecule has 118 valence electrons. The highest BCUT2D eigenvalue weighted by Crippen LogP contribution is 2.24. The molecule has 3 aromatic rings. The normalized spacial score (nSPS) is 10.9. The van der Waals surface area contributed by atoms with Crippen LogP contribution in [0.5, 0.6) is 0 Å². The van der Waals surface area contributed by atoms with Crippen LogP contribution in [-0.2, 0) is 17.6 Å². The molecule has 3 rings (SSSR count). The van der Waals surface area contributed by atoms with Crippen LogP contribution in [0, 0.1) is 13.8 Å². The van der Waals surface area contributed by atoms with E-state index in [1.807, 2.05) is 25.1 Å². The predicted octanol–water partition coefficient (Wildman–Crippen LogP) is 2.11. The first-order valence-electron chi connectivity index (χ1n) is 7.45. The number of hydrogen-bond acceptors (Lipinski definition) is 5. The molecule has 0 spiro atoms. The van der Waals surface area contributed by atoms with Gasteiger partial charge in [-0.15, -0.1) is 0 Å². The number of aromatic nitrogens is 3. The minimum Gasteiger partial charge on any atom is -0.359 e. The predicted molar refractivity (Wildman–Crippen MR) is 86.1 cm³/mol. The van der Waals surface area contributed by atoms with Crippen LogP contribution in [0.25, 0.3) is 10.9 Å². The summed E-state index contributed by atoms with van der Waals surface area (Å²) in [5.74, 6) is 0.743. The Morgan fingerprint density at radius 3 is 2.78 bits per heavy atom. The maximum absolute atomic E-state index is 11.4. The molecular weight excluding hydrogens is 292 g/mol. The highest BCUT2D eigenvalue weighted by molar-refractivity contribution is 5.83. The Kier molecular flexibility index (Phi) is 4.06. The van der Waals surface area contributed by atoms with Crippen molar-refractivity contribution in [2.45, 2.75) is 26.7 Å². The summed E-state index contributed by atoms with van der Waals surface area (Å²) < 4.78 is 5.27. The number of amides is 1. The highest BCUT2D eigenvalue weighted by atomic mass is 16.5. The number of carbonyl (C=O) groups is 1. The topological polar surface area (TPSA) is 80.9 Å². The smallest absolute Gasteiger partial charge is 0.231 e. The fourth-order valence-electron chi connectivity index (χ4n) is 2.65. The lowest BCUT2D eigenvalue weighted by Crippen LogP contribution is -2.20. The van der Waals surface area contributed by atoms with E-state index >= 15 is 0 Å². The van der Waals surface area contributed by atoms with Crippen molar-refractivity contribution in [3.05, 3.63) is 52.8 Å². The summed E-state index contributed by atoms with van der Waals surface area (Å²) in [5.41, 5.74) is 4.18. The van der Waals surface area contributed by atoms with Gasteiger partial charge in [-0.2, -0.15) is 4.98 Å². The van der Waals surface area contributed by atoms with Gasteiger partial charge in [-0.25, -0.2) is 0 Å². The summed E-state index contributed by atoms with van der Waals surface area (Å²) in [6.45, 7) is 4.06. The second kappa shape index (κ2) is 6.16. The zero-order chi connectivity index (χ0) is 16.4. The van der Waals surface area contributed by atoms with Crippen LogP contribution >= 0.6 is 0 Å². The number of aryl methyl sites for hydroxylation is 2. The Labute approximate surface area is 133 Å². The van der Waals surface area contributed by atoms with Gasteiger partial charge in [0.15, 0.2) is 5.82 Å². The van der Waals surface area contributed by atoms with Crippen LogP contribution in [0.1, 0.15) is 28.5 Å². The lowest BCUT2D eigenvalue weighted by atomic mass is 9.99. The fourth-order valence-corrected chi connectivity index (χ4v) is 2.65. The Morgan fingerprint density at radius 1 is 1.22 bits per heavy atom. The van der Waals surface area contributed by atoms with Crippen molar-refractivity contribution in [1.29, 1.82) is 0 Å². The van der Waals surface area contributed by atoms with Crippen LogP contribution in [0.4, 0.5) is 0 Å². The molecule has 0 bridgehead atoms. The molecule has 1 amide bonds. The van der Waals surface area contributed by atoms with Crippen molar-refractivity contribution in [3.63, 3.8) is 0 Å². The number of benzene rings is 1. The van der Waals surface area contributed by atoms with Crippen LogP contribution in [0.3, 0.4) is 0 Å². The molecule has 0 saturated carbocycles. The first kappa shape index (κ1) is 15.1. The molecule has 1 aromatic carbocycles. The quantitative estimate of drug-likeness (QED) is 0.798. The van der Waals surface area contributed by atoms with E-state index in [1.165, 1.54) is 5.56 Å². The van der Waals surface area contributed by atoms with Gasteiger partial charge in [-0.1, -0.05) is 23.4 Å². The van der Waals surface area contributed by atoms with Gasteiger partial charge in [-0.3, -0.25) is 9.78 Å². The summed E-state index contributed by atoms with van der Waals surface area (Å²) in [5, 5.41) is 7.52. The molecule has 0 saturated heterocycles. The van der Waals surface area contributed by atoms with Crippen LogP contribution in [0.2, 0.25) is 0 Å². The molecule has 0 fully saturated rings. The largest absolute Gasteiger partial charge is 0.359 e. The first-order chi connectivity index (χ1) is 11.1. The third-order valence-corrected chi connectivity index (χ3v) is 3.92. The van der Waals surface area contributed by atoms with Gasteiger partial charge in [0.25, 0.3) is 0 Å². The number of hydrogen-bond donors (Lipinski definition) is 1. The lowest BCUT2D eigenvalue weighted by molar-refractivity contribution is -0.120. The molecule has 2 aromatic heterocycles. The summed E-state index contributed by atoms with van der Waals surface area (Å²) in [4.78, 5) is 20.3. The van der Waals surface area contributed by atoms with Gasteiger partial charge in [0.2, 0.25) is 11.8 Å². The van der Waals surface area contributed by atoms with Crippen LogP contribution < -0.4 is 5.32 Å².